The van der Waals surface area contributed by atoms with Gasteiger partial charge < -0.3 is 5.11 Å². The van der Waals surface area contributed by atoms with E-state index in [1.54, 1.807) is 19.1 Å². The van der Waals surface area contributed by atoms with Gasteiger partial charge in [-0.05, 0) is 36.8 Å². The Morgan fingerprint density at radius 2 is 1.59 bits per heavy atom. The van der Waals surface area contributed by atoms with E-state index < -0.39 is 23.5 Å². The van der Waals surface area contributed by atoms with Gasteiger partial charge >= 0.3 is 0 Å². The number of ketones is 1. The lowest BCUT2D eigenvalue weighted by Crippen LogP contribution is -2.31. The van der Waals surface area contributed by atoms with Crippen LogP contribution in [-0.4, -0.2) is 21.8 Å². The summed E-state index contributed by atoms with van der Waals surface area (Å²) in [6.07, 6.45) is 0. The molecule has 1 atom stereocenters. The van der Waals surface area contributed by atoms with Crippen molar-refractivity contribution in [2.24, 2.45) is 0 Å². The number of halogens is 1. The van der Waals surface area contributed by atoms with E-state index in [0.717, 1.165) is 15.6 Å². The lowest BCUT2D eigenvalue weighted by molar-refractivity contribution is -0.117. The molecule has 3 aromatic carbocycles. The number of nitrogens with zero attached hydrogens (tertiary/aromatic N) is 2. The summed E-state index contributed by atoms with van der Waals surface area (Å²) in [5.74, 6) is -1.53. The maximum atomic E-state index is 13.9. The van der Waals surface area contributed by atoms with Crippen molar-refractivity contribution >= 4 is 44.6 Å². The first-order valence-electron chi connectivity index (χ1n) is 10.6. The quantitative estimate of drug-likeness (QED) is 0.292. The van der Waals surface area contributed by atoms with E-state index in [4.69, 9.17) is 0 Å². The minimum absolute atomic E-state index is 0.0579. The fraction of sp³-hybridized carbons (Fsp3) is 0.0741. The first kappa shape index (κ1) is 22.3. The lowest BCUT2D eigenvalue weighted by atomic mass is 9.95. The van der Waals surface area contributed by atoms with Gasteiger partial charge in [-0.3, -0.25) is 14.5 Å². The summed E-state index contributed by atoms with van der Waals surface area (Å²) in [5, 5.41) is 11.7. The van der Waals surface area contributed by atoms with E-state index in [1.807, 2.05) is 72.8 Å². The van der Waals surface area contributed by atoms with Gasteiger partial charge in [-0.2, -0.15) is 0 Å². The van der Waals surface area contributed by atoms with Crippen molar-refractivity contribution in [2.45, 2.75) is 13.0 Å². The number of rotatable bonds is 5. The molecule has 2 heterocycles. The molecule has 0 bridgehead atoms. The summed E-state index contributed by atoms with van der Waals surface area (Å²) in [6.45, 7) is 1.77. The molecule has 0 saturated heterocycles. The van der Waals surface area contributed by atoms with Crippen LogP contribution in [0.15, 0.2) is 101 Å². The number of hydrogen-bond donors (Lipinski definition) is 1. The van der Waals surface area contributed by atoms with Gasteiger partial charge in [0.2, 0.25) is 5.78 Å². The summed E-state index contributed by atoms with van der Waals surface area (Å²) in [7, 11) is 0. The molecule has 0 spiro atoms. The number of benzene rings is 3. The zero-order chi connectivity index (χ0) is 23.8. The standard InChI is InChI=1S/C27H19BrN2O3S/c1-16-25(34-26(29-16)18-8-4-2-5-9-18)23(31)21-22(17-12-14-19(28)15-13-17)30(27(33)24(21)32)20-10-6-3-7-11-20/h2-15,22,32H,1H3. The van der Waals surface area contributed by atoms with Gasteiger partial charge in [-0.15, -0.1) is 11.3 Å². The van der Waals surface area contributed by atoms with Crippen LogP contribution in [0.1, 0.15) is 27.0 Å². The largest absolute Gasteiger partial charge is 0.503 e. The van der Waals surface area contributed by atoms with E-state index in [9.17, 15) is 14.7 Å². The second kappa shape index (κ2) is 9.00. The van der Waals surface area contributed by atoms with Gasteiger partial charge in [0, 0.05) is 15.7 Å². The number of Topliss-reactive ketones (excluding diaryl/α,β-unsaturated/α-hetero) is 1. The molecule has 1 aliphatic heterocycles. The third-order valence-corrected chi connectivity index (χ3v) is 7.43. The molecule has 1 aliphatic rings. The lowest BCUT2D eigenvalue weighted by Gasteiger charge is -2.27. The van der Waals surface area contributed by atoms with Gasteiger partial charge in [-0.25, -0.2) is 4.98 Å². The van der Waals surface area contributed by atoms with Gasteiger partial charge in [0.05, 0.1) is 22.2 Å². The van der Waals surface area contributed by atoms with Gasteiger partial charge in [0.15, 0.2) is 5.76 Å². The van der Waals surface area contributed by atoms with Crippen LogP contribution in [0.25, 0.3) is 10.6 Å². The Kier molecular flexibility index (Phi) is 5.89. The molecule has 1 aromatic heterocycles. The fourth-order valence-corrected chi connectivity index (χ4v) is 5.38. The van der Waals surface area contributed by atoms with Gasteiger partial charge in [0.1, 0.15) is 5.01 Å². The third kappa shape index (κ3) is 3.87. The van der Waals surface area contributed by atoms with E-state index in [2.05, 4.69) is 20.9 Å². The van der Waals surface area contributed by atoms with Crippen molar-refractivity contribution in [1.82, 2.24) is 4.98 Å². The van der Waals surface area contributed by atoms with Crippen LogP contribution >= 0.6 is 27.3 Å². The molecule has 5 nitrogen and oxygen atoms in total. The Labute approximate surface area is 209 Å². The molecule has 0 fully saturated rings. The molecule has 1 unspecified atom stereocenters. The van der Waals surface area contributed by atoms with Crippen molar-refractivity contribution in [3.63, 3.8) is 0 Å². The van der Waals surface area contributed by atoms with Crippen molar-refractivity contribution in [1.29, 1.82) is 0 Å². The number of carbonyl (C=O) groups is 2. The predicted molar refractivity (Wildman–Crippen MR) is 137 cm³/mol. The molecule has 0 aliphatic carbocycles. The van der Waals surface area contributed by atoms with Crippen molar-refractivity contribution in [3.05, 3.63) is 117 Å². The normalized spacial score (nSPS) is 15.8. The smallest absolute Gasteiger partial charge is 0.294 e. The number of anilines is 1. The second-order valence-corrected chi connectivity index (χ2v) is 9.77. The minimum Gasteiger partial charge on any atom is -0.503 e. The maximum Gasteiger partial charge on any atom is 0.294 e. The highest BCUT2D eigenvalue weighted by atomic mass is 79.9. The molecule has 1 N–H and O–H groups in total. The molecule has 0 saturated carbocycles. The second-order valence-electron chi connectivity index (χ2n) is 7.86. The fourth-order valence-electron chi connectivity index (χ4n) is 4.09. The average Bonchev–Trinajstić information content (AvgIpc) is 3.38. The Hall–Kier alpha value is -3.55. The van der Waals surface area contributed by atoms with Crippen molar-refractivity contribution < 1.29 is 14.7 Å². The van der Waals surface area contributed by atoms with Crippen molar-refractivity contribution in [3.8, 4) is 10.6 Å². The highest BCUT2D eigenvalue weighted by molar-refractivity contribution is 9.10. The Morgan fingerprint density at radius 1 is 0.971 bits per heavy atom. The molecule has 1 amide bonds. The average molecular weight is 531 g/mol. The van der Waals surface area contributed by atoms with Crippen LogP contribution in [0, 0.1) is 6.92 Å². The molecule has 5 rings (SSSR count). The minimum atomic E-state index is -0.767. The number of amides is 1. The Bertz CT molecular complexity index is 1410. The topological polar surface area (TPSA) is 70.5 Å². The number of aliphatic hydroxyl groups excluding tert-OH is 1. The number of aryl methyl sites for hydroxylation is 1. The Balaban J connectivity index is 1.63. The first-order chi connectivity index (χ1) is 16.5. The van der Waals surface area contributed by atoms with E-state index in [1.165, 1.54) is 16.2 Å². The highest BCUT2D eigenvalue weighted by Crippen LogP contribution is 2.43. The van der Waals surface area contributed by atoms with Gasteiger partial charge in [0.25, 0.3) is 5.91 Å². The highest BCUT2D eigenvalue weighted by Gasteiger charge is 2.45. The zero-order valence-electron chi connectivity index (χ0n) is 18.1. The summed E-state index contributed by atoms with van der Waals surface area (Å²) < 4.78 is 0.874. The summed E-state index contributed by atoms with van der Waals surface area (Å²) in [6, 6.07) is 25.3. The Morgan fingerprint density at radius 3 is 2.24 bits per heavy atom. The monoisotopic (exact) mass is 530 g/mol. The van der Waals surface area contributed by atoms with Crippen LogP contribution in [0.4, 0.5) is 5.69 Å². The van der Waals surface area contributed by atoms with Crippen LogP contribution in [-0.2, 0) is 4.79 Å². The van der Waals surface area contributed by atoms with Crippen LogP contribution < -0.4 is 4.90 Å². The SMILES string of the molecule is Cc1nc(-c2ccccc2)sc1C(=O)C1=C(O)C(=O)N(c2ccccc2)C1c1ccc(Br)cc1. The number of thiazole rings is 1. The summed E-state index contributed by atoms with van der Waals surface area (Å²) >= 11 is 4.70. The number of aliphatic hydroxyl groups is 1. The van der Waals surface area contributed by atoms with Crippen LogP contribution in [0.3, 0.4) is 0 Å². The summed E-state index contributed by atoms with van der Waals surface area (Å²) in [5.41, 5.74) is 2.85. The number of para-hydroxylation sites is 1. The number of hydrogen-bond acceptors (Lipinski definition) is 5. The van der Waals surface area contributed by atoms with Crippen LogP contribution in [0.5, 0.6) is 0 Å². The number of carbonyl (C=O) groups excluding carboxylic acids is 2. The van der Waals surface area contributed by atoms with E-state index in [0.29, 0.717) is 21.3 Å². The van der Waals surface area contributed by atoms with Crippen molar-refractivity contribution in [2.75, 3.05) is 4.90 Å². The first-order valence-corrected chi connectivity index (χ1v) is 12.2. The molecule has 7 heteroatoms. The molecule has 0 radical (unpaired) electrons. The third-order valence-electron chi connectivity index (χ3n) is 5.70. The molecule has 34 heavy (non-hydrogen) atoms. The van der Waals surface area contributed by atoms with Gasteiger partial charge in [-0.1, -0.05) is 76.6 Å². The molecule has 168 valence electrons. The molecular weight excluding hydrogens is 512 g/mol. The van der Waals surface area contributed by atoms with Crippen LogP contribution in [0.2, 0.25) is 0 Å². The molecular formula is C27H19BrN2O3S. The van der Waals surface area contributed by atoms with E-state index >= 15 is 0 Å². The number of aromatic nitrogens is 1. The summed E-state index contributed by atoms with van der Waals surface area (Å²) in [4.78, 5) is 33.6. The molecule has 4 aromatic rings. The predicted octanol–water partition coefficient (Wildman–Crippen LogP) is 6.66. The van der Waals surface area contributed by atoms with E-state index in [-0.39, 0.29) is 5.57 Å². The zero-order valence-corrected chi connectivity index (χ0v) is 20.5. The maximum absolute atomic E-state index is 13.9.